The molecule has 0 aromatic rings. The summed E-state index contributed by atoms with van der Waals surface area (Å²) in [6, 6.07) is 0. The molecule has 0 aromatic heterocycles. The minimum absolute atomic E-state index is 0.141. The second-order valence-corrected chi connectivity index (χ2v) is 4.98. The van der Waals surface area contributed by atoms with Gasteiger partial charge in [0.2, 0.25) is 5.91 Å². The van der Waals surface area contributed by atoms with E-state index in [4.69, 9.17) is 4.74 Å². The number of piperidine rings is 1. The monoisotopic (exact) mass is 284 g/mol. The van der Waals surface area contributed by atoms with Crippen molar-refractivity contribution in [2.45, 2.75) is 26.2 Å². The quantitative estimate of drug-likeness (QED) is 0.422. The largest absolute Gasteiger partial charge is 0.380 e. The van der Waals surface area contributed by atoms with Crippen LogP contribution in [0.15, 0.2) is 4.99 Å². The van der Waals surface area contributed by atoms with Crippen LogP contribution in [0.5, 0.6) is 0 Å². The van der Waals surface area contributed by atoms with Crippen molar-refractivity contribution in [3.8, 4) is 0 Å². The zero-order chi connectivity index (χ0) is 14.8. The molecule has 0 bridgehead atoms. The molecule has 6 nitrogen and oxygen atoms in total. The number of likely N-dealkylation sites (tertiary alicyclic amines) is 1. The molecular formula is C14H28N4O2. The third kappa shape index (κ3) is 5.77. The molecule has 2 N–H and O–H groups in total. The predicted octanol–water partition coefficient (Wildman–Crippen LogP) is 0.446. The van der Waals surface area contributed by atoms with E-state index in [0.29, 0.717) is 18.9 Å². The zero-order valence-electron chi connectivity index (χ0n) is 12.9. The maximum absolute atomic E-state index is 11.4. The summed E-state index contributed by atoms with van der Waals surface area (Å²) in [6.45, 7) is 6.12. The Balaban J connectivity index is 2.29. The highest BCUT2D eigenvalue weighted by molar-refractivity contribution is 5.80. The van der Waals surface area contributed by atoms with Gasteiger partial charge in [0.15, 0.2) is 5.96 Å². The maximum atomic E-state index is 11.4. The van der Waals surface area contributed by atoms with Gasteiger partial charge in [0.25, 0.3) is 0 Å². The van der Waals surface area contributed by atoms with Crippen LogP contribution in [-0.2, 0) is 9.53 Å². The summed E-state index contributed by atoms with van der Waals surface area (Å²) in [7, 11) is 3.50. The normalized spacial score (nSPS) is 17.1. The maximum Gasteiger partial charge on any atom is 0.220 e. The molecule has 0 aliphatic carbocycles. The number of amides is 1. The lowest BCUT2D eigenvalue weighted by Gasteiger charge is -2.34. The summed E-state index contributed by atoms with van der Waals surface area (Å²) in [5.41, 5.74) is 0. The molecule has 1 aliphatic rings. The number of rotatable bonds is 6. The molecule has 1 saturated heterocycles. The number of hydrogen-bond acceptors (Lipinski definition) is 3. The molecule has 0 unspecified atom stereocenters. The van der Waals surface area contributed by atoms with Crippen molar-refractivity contribution < 1.29 is 9.53 Å². The highest BCUT2D eigenvalue weighted by Gasteiger charge is 2.22. The first kappa shape index (κ1) is 16.8. The number of nitrogens with zero attached hydrogens (tertiary/aromatic N) is 2. The topological polar surface area (TPSA) is 66.0 Å². The highest BCUT2D eigenvalue weighted by atomic mass is 16.5. The van der Waals surface area contributed by atoms with Gasteiger partial charge in [-0.05, 0) is 25.7 Å². The smallest absolute Gasteiger partial charge is 0.220 e. The van der Waals surface area contributed by atoms with Crippen LogP contribution >= 0.6 is 0 Å². The lowest BCUT2D eigenvalue weighted by molar-refractivity contribution is -0.121. The Morgan fingerprint density at radius 1 is 1.40 bits per heavy atom. The Bertz CT molecular complexity index is 312. The Morgan fingerprint density at radius 2 is 2.10 bits per heavy atom. The Hall–Kier alpha value is -1.30. The molecule has 116 valence electrons. The van der Waals surface area contributed by atoms with Crippen LogP contribution in [0, 0.1) is 5.92 Å². The molecule has 0 atom stereocenters. The Kier molecular flexibility index (Phi) is 8.02. The SMILES string of the molecule is CCOCCNC(=NC)N1CCC(CC(=O)NC)CC1. The summed E-state index contributed by atoms with van der Waals surface area (Å²) < 4.78 is 5.31. The van der Waals surface area contributed by atoms with E-state index in [1.807, 2.05) is 6.92 Å². The molecule has 0 spiro atoms. The molecule has 1 amide bonds. The van der Waals surface area contributed by atoms with Crippen LogP contribution in [0.4, 0.5) is 0 Å². The van der Waals surface area contributed by atoms with Crippen molar-refractivity contribution in [3.63, 3.8) is 0 Å². The number of ether oxygens (including phenoxy) is 1. The molecule has 1 aliphatic heterocycles. The van der Waals surface area contributed by atoms with Crippen LogP contribution < -0.4 is 10.6 Å². The van der Waals surface area contributed by atoms with Crippen molar-refractivity contribution in [3.05, 3.63) is 0 Å². The average Bonchev–Trinajstić information content (AvgIpc) is 2.48. The van der Waals surface area contributed by atoms with Crippen LogP contribution in [0.25, 0.3) is 0 Å². The number of hydrogen-bond donors (Lipinski definition) is 2. The first-order chi connectivity index (χ1) is 9.71. The van der Waals surface area contributed by atoms with Gasteiger partial charge in [-0.3, -0.25) is 9.79 Å². The minimum Gasteiger partial charge on any atom is -0.380 e. The average molecular weight is 284 g/mol. The summed E-state index contributed by atoms with van der Waals surface area (Å²) in [5.74, 6) is 1.57. The van der Waals surface area contributed by atoms with E-state index >= 15 is 0 Å². The fraction of sp³-hybridized carbons (Fsp3) is 0.857. The van der Waals surface area contributed by atoms with E-state index in [0.717, 1.165) is 45.0 Å². The van der Waals surface area contributed by atoms with Gasteiger partial charge in [-0.1, -0.05) is 0 Å². The Morgan fingerprint density at radius 3 is 2.65 bits per heavy atom. The van der Waals surface area contributed by atoms with Gasteiger partial charge in [-0.25, -0.2) is 0 Å². The van der Waals surface area contributed by atoms with Crippen molar-refractivity contribution >= 4 is 11.9 Å². The fourth-order valence-corrected chi connectivity index (χ4v) is 2.42. The van der Waals surface area contributed by atoms with Crippen LogP contribution in [0.2, 0.25) is 0 Å². The van der Waals surface area contributed by atoms with Crippen molar-refractivity contribution in [2.75, 3.05) is 46.9 Å². The zero-order valence-corrected chi connectivity index (χ0v) is 12.9. The van der Waals surface area contributed by atoms with Crippen molar-refractivity contribution in [1.29, 1.82) is 0 Å². The molecule has 6 heteroatoms. The summed E-state index contributed by atoms with van der Waals surface area (Å²) in [4.78, 5) is 17.9. The lowest BCUT2D eigenvalue weighted by Crippen LogP contribution is -2.46. The third-order valence-electron chi connectivity index (χ3n) is 3.61. The van der Waals surface area contributed by atoms with E-state index in [1.54, 1.807) is 14.1 Å². The van der Waals surface area contributed by atoms with Crippen LogP contribution in [0.3, 0.4) is 0 Å². The molecule has 1 heterocycles. The molecule has 20 heavy (non-hydrogen) atoms. The van der Waals surface area contributed by atoms with Gasteiger partial charge in [-0.2, -0.15) is 0 Å². The van der Waals surface area contributed by atoms with E-state index in [9.17, 15) is 4.79 Å². The fourth-order valence-electron chi connectivity index (χ4n) is 2.42. The first-order valence-corrected chi connectivity index (χ1v) is 7.45. The Labute approximate surface area is 122 Å². The molecule has 0 aromatic carbocycles. The number of nitrogens with one attached hydrogen (secondary N) is 2. The van der Waals surface area contributed by atoms with E-state index < -0.39 is 0 Å². The number of carbonyl (C=O) groups is 1. The van der Waals surface area contributed by atoms with Crippen LogP contribution in [-0.4, -0.2) is 63.7 Å². The van der Waals surface area contributed by atoms with E-state index in [1.165, 1.54) is 0 Å². The number of carbonyl (C=O) groups excluding carboxylic acids is 1. The predicted molar refractivity (Wildman–Crippen MR) is 80.8 cm³/mol. The second kappa shape index (κ2) is 9.58. The van der Waals surface area contributed by atoms with Crippen molar-refractivity contribution in [1.82, 2.24) is 15.5 Å². The molecule has 1 rings (SSSR count). The highest BCUT2D eigenvalue weighted by Crippen LogP contribution is 2.20. The summed E-state index contributed by atoms with van der Waals surface area (Å²) in [5, 5.41) is 6.01. The molecule has 0 radical (unpaired) electrons. The minimum atomic E-state index is 0.141. The van der Waals surface area contributed by atoms with Gasteiger partial charge in [0, 0.05) is 46.8 Å². The standard InChI is InChI=1S/C14H28N4O2/c1-4-20-10-7-17-14(16-3)18-8-5-12(6-9-18)11-13(19)15-2/h12H,4-11H2,1-3H3,(H,15,19)(H,16,17). The molecular weight excluding hydrogens is 256 g/mol. The summed E-state index contributed by atoms with van der Waals surface area (Å²) >= 11 is 0. The number of guanidine groups is 1. The van der Waals surface area contributed by atoms with Crippen molar-refractivity contribution in [2.24, 2.45) is 10.9 Å². The van der Waals surface area contributed by atoms with Gasteiger partial charge >= 0.3 is 0 Å². The van der Waals surface area contributed by atoms with Gasteiger partial charge in [0.05, 0.1) is 6.61 Å². The second-order valence-electron chi connectivity index (χ2n) is 4.98. The first-order valence-electron chi connectivity index (χ1n) is 7.45. The van der Waals surface area contributed by atoms with E-state index in [2.05, 4.69) is 20.5 Å². The molecule has 0 saturated carbocycles. The van der Waals surface area contributed by atoms with Crippen LogP contribution in [0.1, 0.15) is 26.2 Å². The van der Waals surface area contributed by atoms with Gasteiger partial charge in [-0.15, -0.1) is 0 Å². The molecule has 1 fully saturated rings. The third-order valence-corrected chi connectivity index (χ3v) is 3.61. The lowest BCUT2D eigenvalue weighted by atomic mass is 9.93. The summed E-state index contributed by atoms with van der Waals surface area (Å²) in [6.07, 6.45) is 2.72. The number of aliphatic imine (C=N–C) groups is 1. The van der Waals surface area contributed by atoms with E-state index in [-0.39, 0.29) is 5.91 Å². The van der Waals surface area contributed by atoms with Gasteiger partial charge < -0.3 is 20.3 Å². The van der Waals surface area contributed by atoms with Gasteiger partial charge in [0.1, 0.15) is 0 Å².